The lowest BCUT2D eigenvalue weighted by atomic mass is 9.97. The number of fused-ring (bicyclic) bond motifs is 1. The highest BCUT2D eigenvalue weighted by Gasteiger charge is 2.29. The van der Waals surface area contributed by atoms with Gasteiger partial charge in [0.25, 0.3) is 5.91 Å². The van der Waals surface area contributed by atoms with Crippen LogP contribution < -0.4 is 4.74 Å². The summed E-state index contributed by atoms with van der Waals surface area (Å²) in [4.78, 5) is 24.6. The average molecular weight is 373 g/mol. The Kier molecular flexibility index (Phi) is 4.70. The van der Waals surface area contributed by atoms with Gasteiger partial charge in [-0.05, 0) is 55.8 Å². The maximum absolute atomic E-state index is 15.0. The van der Waals surface area contributed by atoms with Crippen molar-refractivity contribution in [3.63, 3.8) is 0 Å². The quantitative estimate of drug-likeness (QED) is 0.747. The highest BCUT2D eigenvalue weighted by Crippen LogP contribution is 2.37. The van der Waals surface area contributed by atoms with Crippen molar-refractivity contribution in [1.29, 1.82) is 0 Å². The number of aliphatic carboxylic acids is 1. The molecule has 1 unspecified atom stereocenters. The first-order chi connectivity index (χ1) is 12.8. The van der Waals surface area contributed by atoms with Gasteiger partial charge in [-0.15, -0.1) is 0 Å². The van der Waals surface area contributed by atoms with Crippen LogP contribution in [0.2, 0.25) is 0 Å². The number of benzene rings is 2. The minimum atomic E-state index is -1.14. The molecule has 1 heterocycles. The number of halogens is 2. The van der Waals surface area contributed by atoms with Crippen molar-refractivity contribution in [3.8, 4) is 5.75 Å². The van der Waals surface area contributed by atoms with Crippen molar-refractivity contribution in [3.05, 3.63) is 64.9 Å². The first kappa shape index (κ1) is 18.6. The summed E-state index contributed by atoms with van der Waals surface area (Å²) in [6.07, 6.45) is 0. The van der Waals surface area contributed by atoms with Crippen LogP contribution >= 0.6 is 0 Å². The normalized spacial score (nSPS) is 12.2. The number of aromatic nitrogens is 1. The molecule has 1 atom stereocenters. The number of hydrogen-bond acceptors (Lipinski definition) is 3. The fraction of sp³-hybridized carbons (Fsp3) is 0.200. The molecule has 0 radical (unpaired) electrons. The zero-order chi connectivity index (χ0) is 19.9. The number of carbonyl (C=O) groups excluding carboxylic acids is 1. The van der Waals surface area contributed by atoms with Gasteiger partial charge in [-0.25, -0.2) is 8.78 Å². The fourth-order valence-corrected chi connectivity index (χ4v) is 3.27. The summed E-state index contributed by atoms with van der Waals surface area (Å²) in [5.74, 6) is -3.97. The zero-order valence-electron chi connectivity index (χ0n) is 14.9. The number of hydrogen-bond donors (Lipinski definition) is 1. The zero-order valence-corrected chi connectivity index (χ0v) is 14.9. The molecule has 1 aromatic heterocycles. The highest BCUT2D eigenvalue weighted by atomic mass is 19.1. The van der Waals surface area contributed by atoms with Gasteiger partial charge in [-0.3, -0.25) is 14.2 Å². The second-order valence-electron chi connectivity index (χ2n) is 6.18. The molecular formula is C20H17F2NO4. The van der Waals surface area contributed by atoms with E-state index in [0.717, 1.165) is 12.1 Å². The predicted octanol–water partition coefficient (Wildman–Crippen LogP) is 4.11. The maximum atomic E-state index is 15.0. The van der Waals surface area contributed by atoms with E-state index in [-0.39, 0.29) is 27.8 Å². The first-order valence-corrected chi connectivity index (χ1v) is 8.18. The van der Waals surface area contributed by atoms with Gasteiger partial charge in [0, 0.05) is 16.6 Å². The first-order valence-electron chi connectivity index (χ1n) is 8.18. The Hall–Kier alpha value is -3.22. The van der Waals surface area contributed by atoms with E-state index >= 15 is 0 Å². The molecule has 0 bridgehead atoms. The Morgan fingerprint density at radius 3 is 2.30 bits per heavy atom. The molecule has 27 heavy (non-hydrogen) atoms. The molecule has 1 N–H and O–H groups in total. The fourth-order valence-electron chi connectivity index (χ4n) is 3.27. The van der Waals surface area contributed by atoms with Crippen molar-refractivity contribution < 1.29 is 28.2 Å². The second kappa shape index (κ2) is 6.83. The number of ether oxygens (including phenoxy) is 1. The van der Waals surface area contributed by atoms with Crippen LogP contribution in [0, 0.1) is 18.6 Å². The monoisotopic (exact) mass is 373 g/mol. The number of methoxy groups -OCH3 is 1. The summed E-state index contributed by atoms with van der Waals surface area (Å²) in [7, 11) is 1.30. The van der Waals surface area contributed by atoms with E-state index < -0.39 is 29.4 Å². The van der Waals surface area contributed by atoms with Crippen LogP contribution in [-0.2, 0) is 4.79 Å². The summed E-state index contributed by atoms with van der Waals surface area (Å²) < 4.78 is 34.4. The third kappa shape index (κ3) is 2.95. The number of rotatable bonds is 4. The van der Waals surface area contributed by atoms with Gasteiger partial charge in [-0.1, -0.05) is 0 Å². The van der Waals surface area contributed by atoms with Gasteiger partial charge >= 0.3 is 5.97 Å². The molecule has 0 aliphatic rings. The minimum absolute atomic E-state index is 0.0252. The summed E-state index contributed by atoms with van der Waals surface area (Å²) in [6.45, 7) is 2.98. The van der Waals surface area contributed by atoms with E-state index in [2.05, 4.69) is 0 Å². The van der Waals surface area contributed by atoms with Crippen molar-refractivity contribution in [2.75, 3.05) is 7.11 Å². The summed E-state index contributed by atoms with van der Waals surface area (Å²) in [5, 5.41) is 9.47. The van der Waals surface area contributed by atoms with Crippen LogP contribution in [-0.4, -0.2) is 28.7 Å². The average Bonchev–Trinajstić information content (AvgIpc) is 2.94. The molecule has 3 aromatic rings. The number of nitrogens with zero attached hydrogens (tertiary/aromatic N) is 1. The van der Waals surface area contributed by atoms with Crippen LogP contribution in [0.1, 0.15) is 34.5 Å². The van der Waals surface area contributed by atoms with Crippen LogP contribution in [0.25, 0.3) is 10.9 Å². The van der Waals surface area contributed by atoms with Gasteiger partial charge < -0.3 is 9.84 Å². The Labute approximate surface area is 153 Å². The van der Waals surface area contributed by atoms with Crippen LogP contribution in [0.15, 0.2) is 36.4 Å². The number of carbonyl (C=O) groups is 2. The highest BCUT2D eigenvalue weighted by molar-refractivity contribution is 6.05. The topological polar surface area (TPSA) is 68.5 Å². The maximum Gasteiger partial charge on any atom is 0.310 e. The van der Waals surface area contributed by atoms with Crippen LogP contribution in [0.3, 0.4) is 0 Å². The van der Waals surface area contributed by atoms with Gasteiger partial charge in [0.05, 0.1) is 18.5 Å². The molecule has 140 valence electrons. The lowest BCUT2D eigenvalue weighted by Gasteiger charge is -2.09. The molecule has 0 amide bonds. The van der Waals surface area contributed by atoms with E-state index in [0.29, 0.717) is 5.69 Å². The van der Waals surface area contributed by atoms with E-state index in [1.54, 1.807) is 6.92 Å². The third-order valence-electron chi connectivity index (χ3n) is 4.64. The van der Waals surface area contributed by atoms with Gasteiger partial charge in [0.2, 0.25) is 0 Å². The second-order valence-corrected chi connectivity index (χ2v) is 6.18. The molecule has 0 aliphatic carbocycles. The molecule has 7 heteroatoms. The Bertz CT molecular complexity index is 1050. The van der Waals surface area contributed by atoms with Crippen molar-refractivity contribution in [2.45, 2.75) is 19.8 Å². The standard InChI is InChI=1S/C20H17F2NO4/c1-10(20(25)26)16-11(2)23(19(24)12-4-6-13(21)7-5-12)14-8-9-15(27-3)18(22)17(14)16/h4-10H,1-3H3,(H,25,26). The third-order valence-corrected chi connectivity index (χ3v) is 4.64. The summed E-state index contributed by atoms with van der Waals surface area (Å²) in [5.41, 5.74) is 0.927. The smallest absolute Gasteiger partial charge is 0.310 e. The summed E-state index contributed by atoms with van der Waals surface area (Å²) >= 11 is 0. The van der Waals surface area contributed by atoms with Crippen molar-refractivity contribution >= 4 is 22.8 Å². The lowest BCUT2D eigenvalue weighted by molar-refractivity contribution is -0.138. The molecule has 0 saturated carbocycles. The molecule has 3 rings (SSSR count). The van der Waals surface area contributed by atoms with E-state index in [1.165, 1.54) is 42.9 Å². The molecule has 0 spiro atoms. The molecule has 0 fully saturated rings. The Morgan fingerprint density at radius 1 is 1.11 bits per heavy atom. The molecule has 0 aliphatic heterocycles. The summed E-state index contributed by atoms with van der Waals surface area (Å²) in [6, 6.07) is 7.83. The Morgan fingerprint density at radius 2 is 1.74 bits per heavy atom. The van der Waals surface area contributed by atoms with Gasteiger partial charge in [0.1, 0.15) is 5.82 Å². The minimum Gasteiger partial charge on any atom is -0.494 e. The SMILES string of the molecule is COc1ccc2c(c1F)c(C(C)C(=O)O)c(C)n2C(=O)c1ccc(F)cc1. The van der Waals surface area contributed by atoms with Gasteiger partial charge in [0.15, 0.2) is 11.6 Å². The molecule has 2 aromatic carbocycles. The molecular weight excluding hydrogens is 356 g/mol. The number of carboxylic acids is 1. The van der Waals surface area contributed by atoms with Crippen LogP contribution in [0.4, 0.5) is 8.78 Å². The van der Waals surface area contributed by atoms with Crippen molar-refractivity contribution in [1.82, 2.24) is 4.57 Å². The number of carboxylic acid groups (broad SMARTS) is 1. The van der Waals surface area contributed by atoms with Crippen LogP contribution in [0.5, 0.6) is 5.75 Å². The van der Waals surface area contributed by atoms with E-state index in [9.17, 15) is 23.5 Å². The largest absolute Gasteiger partial charge is 0.494 e. The lowest BCUT2D eigenvalue weighted by Crippen LogP contribution is -2.15. The van der Waals surface area contributed by atoms with E-state index in [4.69, 9.17) is 4.74 Å². The Balaban J connectivity index is 2.35. The molecule has 0 saturated heterocycles. The molecule has 5 nitrogen and oxygen atoms in total. The van der Waals surface area contributed by atoms with Crippen molar-refractivity contribution in [2.24, 2.45) is 0 Å². The van der Waals surface area contributed by atoms with E-state index in [1.807, 2.05) is 0 Å². The predicted molar refractivity (Wildman–Crippen MR) is 95.4 cm³/mol. The van der Waals surface area contributed by atoms with Gasteiger partial charge in [-0.2, -0.15) is 0 Å².